The number of rotatable bonds is 10. The highest BCUT2D eigenvalue weighted by Crippen LogP contribution is 2.33. The van der Waals surface area contributed by atoms with Crippen LogP contribution in [0.3, 0.4) is 0 Å². The summed E-state index contributed by atoms with van der Waals surface area (Å²) in [5, 5.41) is 16.2. The van der Waals surface area contributed by atoms with E-state index >= 15 is 0 Å². The Morgan fingerprint density at radius 2 is 1.94 bits per heavy atom. The van der Waals surface area contributed by atoms with Crippen LogP contribution in [0.1, 0.15) is 6.42 Å². The van der Waals surface area contributed by atoms with Crippen molar-refractivity contribution in [3.63, 3.8) is 0 Å². The van der Waals surface area contributed by atoms with Crippen LogP contribution >= 0.6 is 23.1 Å². The Labute approximate surface area is 216 Å². The maximum absolute atomic E-state index is 13.4. The monoisotopic (exact) mass is 572 g/mol. The lowest BCUT2D eigenvalue weighted by molar-refractivity contribution is -0.134. The molecule has 2 aromatic heterocycles. The Morgan fingerprint density at radius 3 is 2.64 bits per heavy atom. The molecule has 0 saturated carbocycles. The van der Waals surface area contributed by atoms with E-state index in [0.29, 0.717) is 17.3 Å². The number of H-pyrrole nitrogens is 1. The number of aromatic amines is 1. The molecule has 12 nitrogen and oxygen atoms in total. The van der Waals surface area contributed by atoms with Crippen LogP contribution in [0, 0.1) is 0 Å². The van der Waals surface area contributed by atoms with E-state index in [4.69, 9.17) is 0 Å². The van der Waals surface area contributed by atoms with E-state index in [1.54, 1.807) is 6.07 Å². The van der Waals surface area contributed by atoms with Crippen LogP contribution < -0.4 is 5.48 Å². The van der Waals surface area contributed by atoms with Crippen molar-refractivity contribution in [3.05, 3.63) is 48.8 Å². The molecular weight excluding hydrogens is 549 g/mol. The number of sulfonamides is 2. The van der Waals surface area contributed by atoms with Crippen molar-refractivity contribution in [2.75, 3.05) is 31.1 Å². The first-order valence-electron chi connectivity index (χ1n) is 10.8. The van der Waals surface area contributed by atoms with Gasteiger partial charge < -0.3 is 0 Å². The maximum Gasteiger partial charge on any atom is 0.263 e. The number of hydrogen-bond donors (Lipinski definition) is 3. The number of piperazine rings is 1. The predicted molar refractivity (Wildman–Crippen MR) is 134 cm³/mol. The van der Waals surface area contributed by atoms with Gasteiger partial charge in [0.05, 0.1) is 5.75 Å². The van der Waals surface area contributed by atoms with Gasteiger partial charge in [-0.25, -0.2) is 27.3 Å². The number of hydroxylamine groups is 1. The molecule has 1 fully saturated rings. The molecule has 0 bridgehead atoms. The van der Waals surface area contributed by atoms with Crippen molar-refractivity contribution >= 4 is 49.1 Å². The highest BCUT2D eigenvalue weighted by atomic mass is 32.2. The number of carbonyl (C=O) groups is 1. The zero-order valence-electron chi connectivity index (χ0n) is 18.8. The predicted octanol–water partition coefficient (Wildman–Crippen LogP) is 1.23. The lowest BCUT2D eigenvalue weighted by atomic mass is 10.2. The molecule has 3 aromatic rings. The fraction of sp³-hybridized carbons (Fsp3) is 0.350. The summed E-state index contributed by atoms with van der Waals surface area (Å²) >= 11 is 2.39. The van der Waals surface area contributed by atoms with Gasteiger partial charge in [-0.2, -0.15) is 13.7 Å². The summed E-state index contributed by atoms with van der Waals surface area (Å²) in [5.41, 5.74) is 2.33. The quantitative estimate of drug-likeness (QED) is 0.140. The molecule has 3 heterocycles. The van der Waals surface area contributed by atoms with Gasteiger partial charge in [-0.3, -0.25) is 15.1 Å². The zero-order chi connectivity index (χ0) is 25.8. The maximum atomic E-state index is 13.4. The average Bonchev–Trinajstić information content (AvgIpc) is 3.59. The summed E-state index contributed by atoms with van der Waals surface area (Å²) in [4.78, 5) is 17.1. The molecule has 1 aromatic carbocycles. The van der Waals surface area contributed by atoms with E-state index in [1.165, 1.54) is 29.6 Å². The molecule has 194 valence electrons. The normalized spacial score (nSPS) is 17.8. The number of nitrogens with zero attached hydrogens (tertiary/aromatic N) is 4. The molecule has 0 radical (unpaired) electrons. The fourth-order valence-corrected chi connectivity index (χ4v) is 9.12. The van der Waals surface area contributed by atoms with Crippen LogP contribution in [0.15, 0.2) is 58.2 Å². The van der Waals surface area contributed by atoms with Crippen LogP contribution in [0.4, 0.5) is 0 Å². The lowest BCUT2D eigenvalue weighted by Gasteiger charge is -2.38. The number of amides is 1. The summed E-state index contributed by atoms with van der Waals surface area (Å²) in [5.74, 6) is -0.704. The molecule has 36 heavy (non-hydrogen) atoms. The lowest BCUT2D eigenvalue weighted by Crippen LogP contribution is -2.61. The Hall–Kier alpha value is -2.34. The van der Waals surface area contributed by atoms with Crippen molar-refractivity contribution in [2.24, 2.45) is 0 Å². The van der Waals surface area contributed by atoms with E-state index in [9.17, 15) is 26.8 Å². The molecule has 4 rings (SSSR count). The summed E-state index contributed by atoms with van der Waals surface area (Å²) in [6.45, 7) is -0.742. The van der Waals surface area contributed by atoms with E-state index in [1.807, 2.05) is 30.3 Å². The van der Waals surface area contributed by atoms with Gasteiger partial charge in [-0.1, -0.05) is 42.1 Å². The third-order valence-corrected chi connectivity index (χ3v) is 11.9. The Balaban J connectivity index is 1.47. The first-order chi connectivity index (χ1) is 17.2. The second-order valence-corrected chi connectivity index (χ2v) is 14.1. The number of thiophene rings is 1. The van der Waals surface area contributed by atoms with E-state index in [0.717, 1.165) is 30.4 Å². The smallest absolute Gasteiger partial charge is 0.263 e. The largest absolute Gasteiger partial charge is 0.289 e. The number of nitrogens with one attached hydrogen (secondary N) is 2. The van der Waals surface area contributed by atoms with Gasteiger partial charge in [0.2, 0.25) is 10.0 Å². The molecular formula is C20H24N6O6S4. The minimum Gasteiger partial charge on any atom is -0.289 e. The highest BCUT2D eigenvalue weighted by molar-refractivity contribution is 7.99. The first kappa shape index (κ1) is 26.7. The number of aromatic nitrogens is 3. The summed E-state index contributed by atoms with van der Waals surface area (Å²) in [7, 11) is -7.90. The van der Waals surface area contributed by atoms with Gasteiger partial charge in [0, 0.05) is 30.3 Å². The van der Waals surface area contributed by atoms with Crippen molar-refractivity contribution in [2.45, 2.75) is 21.8 Å². The van der Waals surface area contributed by atoms with Crippen molar-refractivity contribution in [1.29, 1.82) is 0 Å². The molecule has 3 N–H and O–H groups in total. The van der Waals surface area contributed by atoms with E-state index in [2.05, 4.69) is 15.2 Å². The topological polar surface area (TPSA) is 166 Å². The zero-order valence-corrected chi connectivity index (χ0v) is 22.1. The van der Waals surface area contributed by atoms with Crippen LogP contribution in [-0.4, -0.2) is 88.9 Å². The van der Waals surface area contributed by atoms with Crippen molar-refractivity contribution < 1.29 is 26.8 Å². The van der Waals surface area contributed by atoms with Crippen molar-refractivity contribution in [3.8, 4) is 10.4 Å². The second-order valence-electron chi connectivity index (χ2n) is 7.76. The summed E-state index contributed by atoms with van der Waals surface area (Å²) < 4.78 is 54.8. The van der Waals surface area contributed by atoms with Gasteiger partial charge in [-0.05, 0) is 24.1 Å². The number of thioether (sulfide) groups is 1. The van der Waals surface area contributed by atoms with Gasteiger partial charge in [0.25, 0.3) is 15.9 Å². The molecule has 1 atom stereocenters. The molecule has 1 saturated heterocycles. The molecule has 1 aliphatic rings. The van der Waals surface area contributed by atoms with E-state index in [-0.39, 0.29) is 23.1 Å². The number of carbonyl (C=O) groups excluding carboxylic acids is 1. The van der Waals surface area contributed by atoms with Gasteiger partial charge >= 0.3 is 0 Å². The molecule has 0 unspecified atom stereocenters. The summed E-state index contributed by atoms with van der Waals surface area (Å²) in [6, 6.07) is 11.0. The number of benzene rings is 1. The van der Waals surface area contributed by atoms with E-state index < -0.39 is 38.5 Å². The molecule has 0 aliphatic carbocycles. The third kappa shape index (κ3) is 5.96. The molecule has 1 amide bonds. The first-order valence-corrected chi connectivity index (χ1v) is 15.6. The van der Waals surface area contributed by atoms with Crippen LogP contribution in [0.25, 0.3) is 10.4 Å². The van der Waals surface area contributed by atoms with Crippen LogP contribution in [-0.2, 0) is 24.8 Å². The third-order valence-electron chi connectivity index (χ3n) is 5.48. The van der Waals surface area contributed by atoms with Gasteiger partial charge in [0.15, 0.2) is 5.16 Å². The molecule has 0 spiro atoms. The minimum atomic E-state index is -4.13. The Kier molecular flexibility index (Phi) is 8.44. The highest BCUT2D eigenvalue weighted by Gasteiger charge is 2.43. The van der Waals surface area contributed by atoms with Crippen LogP contribution in [0.5, 0.6) is 0 Å². The Morgan fingerprint density at radius 1 is 1.17 bits per heavy atom. The van der Waals surface area contributed by atoms with Gasteiger partial charge in [-0.15, -0.1) is 11.3 Å². The fourth-order valence-electron chi connectivity index (χ4n) is 3.70. The van der Waals surface area contributed by atoms with Crippen LogP contribution in [0.2, 0.25) is 0 Å². The Bertz CT molecular complexity index is 1380. The minimum absolute atomic E-state index is 0.0258. The molecule has 16 heteroatoms. The molecule has 1 aliphatic heterocycles. The second kappa shape index (κ2) is 11.4. The standard InChI is InChI=1S/C20H24N6O6S4/c27-19(24-28)16-13-25(35(29,30)12-4-11-33-20-21-14-22-23-20)9-10-26(16)36(31,32)18-8-7-17(34-18)15-5-2-1-3-6-15/h1-3,5-8,14,16,28H,4,9-13H2,(H,24,27)(H,21,22,23)/t16-/m1/s1. The average molecular weight is 573 g/mol. The van der Waals surface area contributed by atoms with Gasteiger partial charge in [0.1, 0.15) is 16.6 Å². The van der Waals surface area contributed by atoms with Crippen molar-refractivity contribution in [1.82, 2.24) is 29.3 Å². The summed E-state index contributed by atoms with van der Waals surface area (Å²) in [6.07, 6.45) is 1.68. The number of hydrogen-bond acceptors (Lipinski definition) is 10. The SMILES string of the molecule is O=C(NO)[C@H]1CN(S(=O)(=O)CCCSc2ncn[nH]2)CCN1S(=O)(=O)c1ccc(-c2ccccc2)s1.